The van der Waals surface area contributed by atoms with Gasteiger partial charge in [0, 0.05) is 12.1 Å². The largest absolute Gasteiger partial charge is 0.504 e. The SMILES string of the molecule is CONCc1ccc(F)c(O)c1O. The zero-order valence-electron chi connectivity index (χ0n) is 7.04. The molecule has 0 aliphatic carbocycles. The molecule has 0 aliphatic heterocycles. The predicted octanol–water partition coefficient (Wildman–Crippen LogP) is 0.888. The highest BCUT2D eigenvalue weighted by atomic mass is 19.1. The van der Waals surface area contributed by atoms with Crippen LogP contribution in [0.2, 0.25) is 0 Å². The lowest BCUT2D eigenvalue weighted by atomic mass is 10.2. The van der Waals surface area contributed by atoms with E-state index in [0.717, 1.165) is 6.07 Å². The molecule has 0 heterocycles. The lowest BCUT2D eigenvalue weighted by Gasteiger charge is -2.06. The molecule has 0 aliphatic rings. The van der Waals surface area contributed by atoms with Crippen LogP contribution in [0.1, 0.15) is 5.56 Å². The summed E-state index contributed by atoms with van der Waals surface area (Å²) in [5, 5.41) is 18.2. The van der Waals surface area contributed by atoms with E-state index in [2.05, 4.69) is 10.3 Å². The number of phenols is 2. The van der Waals surface area contributed by atoms with Crippen LogP contribution >= 0.6 is 0 Å². The van der Waals surface area contributed by atoms with Crippen LogP contribution in [0.15, 0.2) is 12.1 Å². The van der Waals surface area contributed by atoms with Crippen LogP contribution in [0.4, 0.5) is 4.39 Å². The Balaban J connectivity index is 2.90. The minimum absolute atomic E-state index is 0.191. The van der Waals surface area contributed by atoms with E-state index in [4.69, 9.17) is 5.11 Å². The molecule has 0 aromatic heterocycles. The van der Waals surface area contributed by atoms with Gasteiger partial charge in [0.2, 0.25) is 0 Å². The summed E-state index contributed by atoms with van der Waals surface area (Å²) in [6.45, 7) is 0.191. The number of hydrogen-bond acceptors (Lipinski definition) is 4. The van der Waals surface area contributed by atoms with E-state index in [1.54, 1.807) is 0 Å². The first-order chi connectivity index (χ1) is 6.16. The van der Waals surface area contributed by atoms with Crippen molar-refractivity contribution in [2.75, 3.05) is 7.11 Å². The van der Waals surface area contributed by atoms with Crippen LogP contribution in [0, 0.1) is 5.82 Å². The first-order valence-electron chi connectivity index (χ1n) is 3.62. The van der Waals surface area contributed by atoms with E-state index in [9.17, 15) is 9.50 Å². The number of phenolic OH excluding ortho intramolecular Hbond substituents is 2. The summed E-state index contributed by atoms with van der Waals surface area (Å²) in [6.07, 6.45) is 0. The summed E-state index contributed by atoms with van der Waals surface area (Å²) in [6, 6.07) is 2.43. The predicted molar refractivity (Wildman–Crippen MR) is 43.6 cm³/mol. The van der Waals surface area contributed by atoms with E-state index in [1.807, 2.05) is 0 Å². The number of aromatic hydroxyl groups is 2. The minimum atomic E-state index is -0.848. The second-order valence-corrected chi connectivity index (χ2v) is 2.43. The van der Waals surface area contributed by atoms with E-state index in [1.165, 1.54) is 13.2 Å². The van der Waals surface area contributed by atoms with Gasteiger partial charge in [0.1, 0.15) is 0 Å². The van der Waals surface area contributed by atoms with Crippen molar-refractivity contribution >= 4 is 0 Å². The molecule has 4 nitrogen and oxygen atoms in total. The van der Waals surface area contributed by atoms with Crippen LogP contribution < -0.4 is 5.48 Å². The fourth-order valence-corrected chi connectivity index (χ4v) is 0.889. The van der Waals surface area contributed by atoms with Gasteiger partial charge >= 0.3 is 0 Å². The summed E-state index contributed by atoms with van der Waals surface area (Å²) in [5.41, 5.74) is 2.82. The summed E-state index contributed by atoms with van der Waals surface area (Å²) in [7, 11) is 1.42. The molecule has 0 unspecified atom stereocenters. The maximum atomic E-state index is 12.6. The molecular weight excluding hydrogens is 177 g/mol. The Bertz CT molecular complexity index is 304. The summed E-state index contributed by atoms with van der Waals surface area (Å²) in [5.74, 6) is -2.06. The summed E-state index contributed by atoms with van der Waals surface area (Å²) >= 11 is 0. The van der Waals surface area contributed by atoms with Crippen molar-refractivity contribution in [1.82, 2.24) is 5.48 Å². The zero-order chi connectivity index (χ0) is 9.84. The smallest absolute Gasteiger partial charge is 0.194 e. The molecule has 1 rings (SSSR count). The topological polar surface area (TPSA) is 61.7 Å². The highest BCUT2D eigenvalue weighted by molar-refractivity contribution is 5.45. The van der Waals surface area contributed by atoms with E-state index >= 15 is 0 Å². The monoisotopic (exact) mass is 187 g/mol. The standard InChI is InChI=1S/C8H10FNO3/c1-13-10-4-5-2-3-6(9)8(12)7(5)11/h2-3,10-12H,4H2,1H3. The van der Waals surface area contributed by atoms with Crippen molar-refractivity contribution < 1.29 is 19.4 Å². The van der Waals surface area contributed by atoms with Gasteiger partial charge in [0.05, 0.1) is 7.11 Å². The van der Waals surface area contributed by atoms with Crippen LogP contribution in [-0.2, 0) is 11.4 Å². The molecule has 1 aromatic rings. The van der Waals surface area contributed by atoms with E-state index in [0.29, 0.717) is 5.56 Å². The lowest BCUT2D eigenvalue weighted by molar-refractivity contribution is 0.0860. The van der Waals surface area contributed by atoms with Gasteiger partial charge in [-0.15, -0.1) is 0 Å². The van der Waals surface area contributed by atoms with Crippen molar-refractivity contribution in [3.63, 3.8) is 0 Å². The normalized spacial score (nSPS) is 10.3. The van der Waals surface area contributed by atoms with Crippen LogP contribution in [-0.4, -0.2) is 17.3 Å². The van der Waals surface area contributed by atoms with Gasteiger partial charge < -0.3 is 15.1 Å². The molecule has 0 spiro atoms. The number of hydroxylamine groups is 1. The second kappa shape index (κ2) is 4.06. The number of halogens is 1. The van der Waals surface area contributed by atoms with Crippen molar-refractivity contribution in [2.24, 2.45) is 0 Å². The highest BCUT2D eigenvalue weighted by Gasteiger charge is 2.10. The van der Waals surface area contributed by atoms with Crippen LogP contribution in [0.5, 0.6) is 11.5 Å². The maximum absolute atomic E-state index is 12.6. The average molecular weight is 187 g/mol. The molecule has 0 saturated heterocycles. The number of nitrogens with one attached hydrogen (secondary N) is 1. The maximum Gasteiger partial charge on any atom is 0.194 e. The Labute approximate surface area is 74.5 Å². The number of hydrogen-bond donors (Lipinski definition) is 3. The van der Waals surface area contributed by atoms with Crippen LogP contribution in [0.3, 0.4) is 0 Å². The molecular formula is C8H10FNO3. The van der Waals surface area contributed by atoms with Crippen molar-refractivity contribution in [2.45, 2.75) is 6.54 Å². The fourth-order valence-electron chi connectivity index (χ4n) is 0.889. The van der Waals surface area contributed by atoms with Gasteiger partial charge in [-0.1, -0.05) is 6.07 Å². The van der Waals surface area contributed by atoms with Gasteiger partial charge in [-0.2, -0.15) is 5.48 Å². The van der Waals surface area contributed by atoms with E-state index < -0.39 is 17.3 Å². The van der Waals surface area contributed by atoms with Crippen molar-refractivity contribution in [1.29, 1.82) is 0 Å². The molecule has 0 atom stereocenters. The quantitative estimate of drug-likeness (QED) is 0.485. The Morgan fingerprint density at radius 3 is 2.69 bits per heavy atom. The van der Waals surface area contributed by atoms with Crippen molar-refractivity contribution in [3.05, 3.63) is 23.5 Å². The first-order valence-corrected chi connectivity index (χ1v) is 3.62. The Morgan fingerprint density at radius 1 is 1.38 bits per heavy atom. The molecule has 0 saturated carbocycles. The van der Waals surface area contributed by atoms with Gasteiger partial charge in [-0.3, -0.25) is 0 Å². The molecule has 0 bridgehead atoms. The lowest BCUT2D eigenvalue weighted by Crippen LogP contribution is -2.10. The van der Waals surface area contributed by atoms with Gasteiger partial charge in [-0.05, 0) is 6.07 Å². The molecule has 0 radical (unpaired) electrons. The molecule has 0 fully saturated rings. The number of rotatable bonds is 3. The molecule has 72 valence electrons. The minimum Gasteiger partial charge on any atom is -0.504 e. The van der Waals surface area contributed by atoms with Crippen LogP contribution in [0.25, 0.3) is 0 Å². The van der Waals surface area contributed by atoms with Gasteiger partial charge in [0.25, 0.3) is 0 Å². The Kier molecular flexibility index (Phi) is 3.05. The molecule has 1 aromatic carbocycles. The van der Waals surface area contributed by atoms with Crippen molar-refractivity contribution in [3.8, 4) is 11.5 Å². The summed E-state index contributed by atoms with van der Waals surface area (Å²) < 4.78 is 12.6. The third-order valence-corrected chi connectivity index (χ3v) is 1.59. The first kappa shape index (κ1) is 9.76. The van der Waals surface area contributed by atoms with Gasteiger partial charge in [0.15, 0.2) is 17.3 Å². The Morgan fingerprint density at radius 2 is 2.08 bits per heavy atom. The molecule has 0 amide bonds. The third kappa shape index (κ3) is 2.07. The molecule has 3 N–H and O–H groups in total. The third-order valence-electron chi connectivity index (χ3n) is 1.59. The molecule has 5 heteroatoms. The van der Waals surface area contributed by atoms with Gasteiger partial charge in [-0.25, -0.2) is 4.39 Å². The average Bonchev–Trinajstić information content (AvgIpc) is 2.13. The molecule has 13 heavy (non-hydrogen) atoms. The fraction of sp³-hybridized carbons (Fsp3) is 0.250. The summed E-state index contributed by atoms with van der Waals surface area (Å²) in [4.78, 5) is 4.53. The highest BCUT2D eigenvalue weighted by Crippen LogP contribution is 2.31. The Hall–Kier alpha value is -1.33. The second-order valence-electron chi connectivity index (χ2n) is 2.43. The zero-order valence-corrected chi connectivity index (χ0v) is 7.04. The van der Waals surface area contributed by atoms with E-state index in [-0.39, 0.29) is 6.54 Å². The number of benzene rings is 1.